The Morgan fingerprint density at radius 2 is 1.79 bits per heavy atom. The number of carbonyl (C=O) groups excluding carboxylic acids is 1. The Morgan fingerprint density at radius 1 is 1.12 bits per heavy atom. The lowest BCUT2D eigenvalue weighted by Crippen LogP contribution is -2.31. The second-order valence-electron chi connectivity index (χ2n) is 7.20. The molecule has 2 rings (SSSR count). The molecule has 0 fully saturated rings. The fourth-order valence-electron chi connectivity index (χ4n) is 2.26. The molecule has 0 saturated heterocycles. The number of nitrogens with one attached hydrogen (secondary N) is 2. The maximum Gasteiger partial charge on any atom is 0.253 e. The highest BCUT2D eigenvalue weighted by atomic mass is 16.1. The van der Waals surface area contributed by atoms with Crippen molar-refractivity contribution in [3.8, 4) is 0 Å². The van der Waals surface area contributed by atoms with Gasteiger partial charge in [-0.2, -0.15) is 0 Å². The SMILES string of the molecule is CCC(C)NC(=O)c1cncc(Nc2ccc(C(C)(C)C)cc2)c1. The summed E-state index contributed by atoms with van der Waals surface area (Å²) in [5, 5.41) is 6.26. The first-order chi connectivity index (χ1) is 11.3. The van der Waals surface area contributed by atoms with Gasteiger partial charge in [-0.15, -0.1) is 0 Å². The number of benzene rings is 1. The van der Waals surface area contributed by atoms with Gasteiger partial charge in [0.05, 0.1) is 17.4 Å². The van der Waals surface area contributed by atoms with E-state index in [1.165, 1.54) is 5.56 Å². The number of nitrogens with zero attached hydrogens (tertiary/aromatic N) is 1. The van der Waals surface area contributed by atoms with E-state index in [9.17, 15) is 4.79 Å². The lowest BCUT2D eigenvalue weighted by Gasteiger charge is -2.19. The predicted molar refractivity (Wildman–Crippen MR) is 99.9 cm³/mol. The number of rotatable bonds is 5. The van der Waals surface area contributed by atoms with E-state index in [1.807, 2.05) is 32.0 Å². The molecule has 1 amide bonds. The van der Waals surface area contributed by atoms with Crippen LogP contribution in [0, 0.1) is 0 Å². The summed E-state index contributed by atoms with van der Waals surface area (Å²) in [7, 11) is 0. The molecule has 1 atom stereocenters. The molecule has 4 nitrogen and oxygen atoms in total. The molecule has 0 aliphatic carbocycles. The minimum absolute atomic E-state index is 0.0939. The Morgan fingerprint density at radius 3 is 2.38 bits per heavy atom. The van der Waals surface area contributed by atoms with Crippen molar-refractivity contribution in [2.75, 3.05) is 5.32 Å². The van der Waals surface area contributed by atoms with Crippen LogP contribution in [0.4, 0.5) is 11.4 Å². The molecule has 0 spiro atoms. The molecule has 24 heavy (non-hydrogen) atoms. The van der Waals surface area contributed by atoms with Crippen LogP contribution in [0.25, 0.3) is 0 Å². The standard InChI is InChI=1S/C20H27N3O/c1-6-14(2)22-19(24)15-11-18(13-21-12-15)23-17-9-7-16(8-10-17)20(3,4)5/h7-14,23H,6H2,1-5H3,(H,22,24). The summed E-state index contributed by atoms with van der Waals surface area (Å²) >= 11 is 0. The highest BCUT2D eigenvalue weighted by molar-refractivity contribution is 5.95. The van der Waals surface area contributed by atoms with Crippen LogP contribution in [-0.4, -0.2) is 16.9 Å². The first-order valence-electron chi connectivity index (χ1n) is 8.43. The van der Waals surface area contributed by atoms with Crippen LogP contribution in [0.3, 0.4) is 0 Å². The molecule has 0 bridgehead atoms. The molecular weight excluding hydrogens is 298 g/mol. The van der Waals surface area contributed by atoms with Crippen molar-refractivity contribution in [2.24, 2.45) is 0 Å². The summed E-state index contributed by atoms with van der Waals surface area (Å²) in [5.74, 6) is -0.0939. The zero-order valence-electron chi connectivity index (χ0n) is 15.2. The van der Waals surface area contributed by atoms with Gasteiger partial charge in [0.1, 0.15) is 0 Å². The molecular formula is C20H27N3O. The van der Waals surface area contributed by atoms with E-state index in [0.717, 1.165) is 17.8 Å². The minimum atomic E-state index is -0.0939. The predicted octanol–water partition coefficient (Wildman–Crippen LogP) is 4.65. The zero-order valence-corrected chi connectivity index (χ0v) is 15.2. The van der Waals surface area contributed by atoms with E-state index in [-0.39, 0.29) is 17.4 Å². The molecule has 0 radical (unpaired) electrons. The third kappa shape index (κ3) is 4.82. The van der Waals surface area contributed by atoms with Crippen LogP contribution >= 0.6 is 0 Å². The fraction of sp³-hybridized carbons (Fsp3) is 0.400. The Bertz CT molecular complexity index is 687. The Labute approximate surface area is 144 Å². The Hall–Kier alpha value is -2.36. The number of aromatic nitrogens is 1. The van der Waals surface area contributed by atoms with E-state index in [4.69, 9.17) is 0 Å². The second-order valence-corrected chi connectivity index (χ2v) is 7.20. The van der Waals surface area contributed by atoms with Gasteiger partial charge in [-0.05, 0) is 42.5 Å². The molecule has 2 N–H and O–H groups in total. The average molecular weight is 325 g/mol. The molecule has 0 saturated carbocycles. The molecule has 1 aromatic heterocycles. The normalized spacial score (nSPS) is 12.5. The summed E-state index contributed by atoms with van der Waals surface area (Å²) in [4.78, 5) is 16.4. The lowest BCUT2D eigenvalue weighted by molar-refractivity contribution is 0.0939. The van der Waals surface area contributed by atoms with Crippen molar-refractivity contribution in [3.63, 3.8) is 0 Å². The third-order valence-corrected chi connectivity index (χ3v) is 4.03. The molecule has 2 aromatic rings. The van der Waals surface area contributed by atoms with Crippen molar-refractivity contribution in [3.05, 3.63) is 53.9 Å². The van der Waals surface area contributed by atoms with Crippen molar-refractivity contribution < 1.29 is 4.79 Å². The largest absolute Gasteiger partial charge is 0.354 e. The lowest BCUT2D eigenvalue weighted by atomic mass is 9.87. The van der Waals surface area contributed by atoms with E-state index in [0.29, 0.717) is 5.56 Å². The molecule has 4 heteroatoms. The van der Waals surface area contributed by atoms with Crippen LogP contribution < -0.4 is 10.6 Å². The smallest absolute Gasteiger partial charge is 0.253 e. The Kier molecular flexibility index (Phi) is 5.60. The molecule has 128 valence electrons. The molecule has 1 aromatic carbocycles. The van der Waals surface area contributed by atoms with Gasteiger partial charge in [0, 0.05) is 17.9 Å². The van der Waals surface area contributed by atoms with E-state index >= 15 is 0 Å². The van der Waals surface area contributed by atoms with Crippen LogP contribution in [0.15, 0.2) is 42.7 Å². The first kappa shape index (κ1) is 18.0. The summed E-state index contributed by atoms with van der Waals surface area (Å²) in [6.45, 7) is 10.6. The van der Waals surface area contributed by atoms with Gasteiger partial charge in [0.2, 0.25) is 0 Å². The summed E-state index contributed by atoms with van der Waals surface area (Å²) in [5.41, 5.74) is 3.76. The van der Waals surface area contributed by atoms with Crippen LogP contribution in [0.2, 0.25) is 0 Å². The molecule has 0 aliphatic rings. The number of carbonyl (C=O) groups is 1. The minimum Gasteiger partial charge on any atom is -0.354 e. The second kappa shape index (κ2) is 7.47. The zero-order chi connectivity index (χ0) is 17.7. The van der Waals surface area contributed by atoms with Crippen molar-refractivity contribution >= 4 is 17.3 Å². The van der Waals surface area contributed by atoms with E-state index in [1.54, 1.807) is 12.4 Å². The number of amides is 1. The summed E-state index contributed by atoms with van der Waals surface area (Å²) < 4.78 is 0. The maximum absolute atomic E-state index is 12.2. The topological polar surface area (TPSA) is 54.0 Å². The number of pyridine rings is 1. The van der Waals surface area contributed by atoms with Gasteiger partial charge < -0.3 is 10.6 Å². The molecule has 1 unspecified atom stereocenters. The molecule has 0 aliphatic heterocycles. The highest BCUT2D eigenvalue weighted by Crippen LogP contribution is 2.25. The maximum atomic E-state index is 12.2. The van der Waals surface area contributed by atoms with E-state index < -0.39 is 0 Å². The van der Waals surface area contributed by atoms with Gasteiger partial charge in [-0.25, -0.2) is 0 Å². The fourth-order valence-corrected chi connectivity index (χ4v) is 2.26. The highest BCUT2D eigenvalue weighted by Gasteiger charge is 2.13. The van der Waals surface area contributed by atoms with Gasteiger partial charge in [-0.3, -0.25) is 9.78 Å². The first-order valence-corrected chi connectivity index (χ1v) is 8.43. The van der Waals surface area contributed by atoms with E-state index in [2.05, 4.69) is 48.5 Å². The number of hydrogen-bond donors (Lipinski definition) is 2. The van der Waals surface area contributed by atoms with Gasteiger partial charge >= 0.3 is 0 Å². The van der Waals surface area contributed by atoms with Crippen LogP contribution in [0.5, 0.6) is 0 Å². The quantitative estimate of drug-likeness (QED) is 0.841. The van der Waals surface area contributed by atoms with Crippen molar-refractivity contribution in [2.45, 2.75) is 52.5 Å². The van der Waals surface area contributed by atoms with Crippen LogP contribution in [-0.2, 0) is 5.41 Å². The monoisotopic (exact) mass is 325 g/mol. The van der Waals surface area contributed by atoms with Crippen molar-refractivity contribution in [1.82, 2.24) is 10.3 Å². The van der Waals surface area contributed by atoms with Gasteiger partial charge in [0.25, 0.3) is 5.91 Å². The van der Waals surface area contributed by atoms with Crippen LogP contribution in [0.1, 0.15) is 57.0 Å². The summed E-state index contributed by atoms with van der Waals surface area (Å²) in [6.07, 6.45) is 4.21. The molecule has 1 heterocycles. The van der Waals surface area contributed by atoms with Gasteiger partial charge in [0.15, 0.2) is 0 Å². The van der Waals surface area contributed by atoms with Gasteiger partial charge in [-0.1, -0.05) is 39.8 Å². The Balaban J connectivity index is 2.10. The number of anilines is 2. The third-order valence-electron chi connectivity index (χ3n) is 4.03. The average Bonchev–Trinajstić information content (AvgIpc) is 2.54. The number of hydrogen-bond acceptors (Lipinski definition) is 3. The van der Waals surface area contributed by atoms with Crippen molar-refractivity contribution in [1.29, 1.82) is 0 Å². The summed E-state index contributed by atoms with van der Waals surface area (Å²) in [6, 6.07) is 10.3.